The molecule has 4 rings (SSSR count). The fourth-order valence-electron chi connectivity index (χ4n) is 4.26. The zero-order valence-electron chi connectivity index (χ0n) is 19.4. The number of carbonyl (C=O) groups excluding carboxylic acids is 2. The maximum Gasteiger partial charge on any atom is 0.243 e. The summed E-state index contributed by atoms with van der Waals surface area (Å²) in [6.07, 6.45) is 1.44. The minimum atomic E-state index is -0.553. The molecule has 1 N–H and O–H groups in total. The second kappa shape index (κ2) is 9.82. The third-order valence-electron chi connectivity index (χ3n) is 6.01. The van der Waals surface area contributed by atoms with Crippen molar-refractivity contribution in [1.29, 1.82) is 0 Å². The van der Waals surface area contributed by atoms with Crippen LogP contribution in [0.5, 0.6) is 0 Å². The van der Waals surface area contributed by atoms with Gasteiger partial charge in [-0.15, -0.1) is 21.5 Å². The highest BCUT2D eigenvalue weighted by atomic mass is 32.1. The monoisotopic (exact) mass is 467 g/mol. The zero-order valence-corrected chi connectivity index (χ0v) is 20.2. The minimum Gasteiger partial charge on any atom is -0.425 e. The first-order valence-corrected chi connectivity index (χ1v) is 12.1. The van der Waals surface area contributed by atoms with E-state index in [4.69, 9.17) is 4.42 Å². The van der Waals surface area contributed by atoms with Gasteiger partial charge in [-0.1, -0.05) is 38.1 Å². The highest BCUT2D eigenvalue weighted by Crippen LogP contribution is 2.30. The van der Waals surface area contributed by atoms with Crippen LogP contribution >= 0.6 is 11.3 Å². The van der Waals surface area contributed by atoms with Gasteiger partial charge in [0.25, 0.3) is 0 Å². The quantitative estimate of drug-likeness (QED) is 0.566. The number of nitrogens with one attached hydrogen (secondary N) is 1. The molecule has 174 valence electrons. The van der Waals surface area contributed by atoms with E-state index in [1.807, 2.05) is 50.5 Å². The summed E-state index contributed by atoms with van der Waals surface area (Å²) in [4.78, 5) is 33.5. The van der Waals surface area contributed by atoms with Gasteiger partial charge in [0.1, 0.15) is 12.0 Å². The number of hydrogen-bond acceptors (Lipinski definition) is 7. The Morgan fingerprint density at radius 1 is 1.21 bits per heavy atom. The number of thiazole rings is 1. The van der Waals surface area contributed by atoms with Crippen LogP contribution < -0.4 is 5.32 Å². The molecule has 2 atom stereocenters. The maximum atomic E-state index is 13.4. The van der Waals surface area contributed by atoms with Crippen LogP contribution in [0.3, 0.4) is 0 Å². The SMILES string of the molecule is Cc1nnc(C(C(=O)N2CCC[C@H]2C(=O)NCc2ccc(-c3scnc3C)cc2)C(C)C)o1. The molecule has 1 saturated heterocycles. The van der Waals surface area contributed by atoms with Crippen molar-refractivity contribution in [3.63, 3.8) is 0 Å². The highest BCUT2D eigenvalue weighted by molar-refractivity contribution is 7.13. The molecule has 33 heavy (non-hydrogen) atoms. The largest absolute Gasteiger partial charge is 0.425 e. The molecule has 1 aliphatic rings. The molecule has 0 saturated carbocycles. The van der Waals surface area contributed by atoms with Crippen LogP contribution in [0.25, 0.3) is 10.4 Å². The van der Waals surface area contributed by atoms with E-state index < -0.39 is 12.0 Å². The zero-order chi connectivity index (χ0) is 23.5. The average Bonchev–Trinajstić information content (AvgIpc) is 3.53. The summed E-state index contributed by atoms with van der Waals surface area (Å²) < 4.78 is 5.56. The predicted octanol–water partition coefficient (Wildman–Crippen LogP) is 3.86. The average molecular weight is 468 g/mol. The molecule has 1 fully saturated rings. The molecule has 2 amide bonds. The third kappa shape index (κ3) is 4.98. The Hall–Kier alpha value is -3.07. The molecule has 1 aliphatic heterocycles. The summed E-state index contributed by atoms with van der Waals surface area (Å²) in [7, 11) is 0. The third-order valence-corrected chi connectivity index (χ3v) is 6.98. The van der Waals surface area contributed by atoms with Crippen LogP contribution in [0.15, 0.2) is 34.2 Å². The number of aryl methyl sites for hydroxylation is 2. The van der Waals surface area contributed by atoms with Gasteiger partial charge in [0.2, 0.25) is 23.6 Å². The lowest BCUT2D eigenvalue weighted by Gasteiger charge is -2.28. The molecule has 0 spiro atoms. The van der Waals surface area contributed by atoms with Crippen LogP contribution in [0, 0.1) is 19.8 Å². The molecule has 0 radical (unpaired) electrons. The molecule has 9 heteroatoms. The number of hydrogen-bond donors (Lipinski definition) is 1. The van der Waals surface area contributed by atoms with Crippen molar-refractivity contribution in [2.45, 2.75) is 59.0 Å². The van der Waals surface area contributed by atoms with Crippen LogP contribution in [0.4, 0.5) is 0 Å². The van der Waals surface area contributed by atoms with E-state index >= 15 is 0 Å². The van der Waals surface area contributed by atoms with Crippen LogP contribution in [0.1, 0.15) is 55.6 Å². The Morgan fingerprint density at radius 2 is 1.97 bits per heavy atom. The fourth-order valence-corrected chi connectivity index (χ4v) is 5.07. The van der Waals surface area contributed by atoms with E-state index in [1.165, 1.54) is 0 Å². The summed E-state index contributed by atoms with van der Waals surface area (Å²) in [5, 5.41) is 11.0. The maximum absolute atomic E-state index is 13.4. The van der Waals surface area contributed by atoms with Gasteiger partial charge in [-0.3, -0.25) is 9.59 Å². The minimum absolute atomic E-state index is 0.0256. The number of nitrogens with zero attached hydrogens (tertiary/aromatic N) is 4. The first-order valence-electron chi connectivity index (χ1n) is 11.2. The van der Waals surface area contributed by atoms with E-state index in [2.05, 4.69) is 20.5 Å². The number of amides is 2. The van der Waals surface area contributed by atoms with Crippen LogP contribution in [-0.4, -0.2) is 44.5 Å². The molecule has 8 nitrogen and oxygen atoms in total. The lowest BCUT2D eigenvalue weighted by atomic mass is 9.94. The molecule has 2 aromatic heterocycles. The Kier molecular flexibility index (Phi) is 6.88. The van der Waals surface area contributed by atoms with Gasteiger partial charge in [-0.25, -0.2) is 4.98 Å². The van der Waals surface area contributed by atoms with Crippen molar-refractivity contribution >= 4 is 23.2 Å². The molecule has 3 heterocycles. The van der Waals surface area contributed by atoms with Crippen molar-refractivity contribution in [2.75, 3.05) is 6.54 Å². The second-order valence-corrected chi connectivity index (χ2v) is 9.61. The smallest absolute Gasteiger partial charge is 0.243 e. The van der Waals surface area contributed by atoms with E-state index in [0.29, 0.717) is 31.3 Å². The summed E-state index contributed by atoms with van der Waals surface area (Å²) in [5.41, 5.74) is 4.99. The molecular formula is C24H29N5O3S. The standard InChI is InChI=1S/C24H29N5O3S/c1-14(2)20(23-28-27-16(4)32-23)24(31)29-11-5-6-19(29)22(30)25-12-17-7-9-18(10-8-17)21-15(3)26-13-33-21/h7-10,13-14,19-20H,5-6,11-12H2,1-4H3,(H,25,30)/t19-,20?/m0/s1. The predicted molar refractivity (Wildman–Crippen MR) is 125 cm³/mol. The number of likely N-dealkylation sites (tertiary alicyclic amines) is 1. The van der Waals surface area contributed by atoms with Crippen molar-refractivity contribution in [3.05, 3.63) is 52.8 Å². The Morgan fingerprint density at radius 3 is 2.58 bits per heavy atom. The summed E-state index contributed by atoms with van der Waals surface area (Å²) in [6, 6.07) is 7.64. The van der Waals surface area contributed by atoms with E-state index in [0.717, 1.165) is 28.1 Å². The van der Waals surface area contributed by atoms with Gasteiger partial charge < -0.3 is 14.6 Å². The highest BCUT2D eigenvalue weighted by Gasteiger charge is 2.40. The van der Waals surface area contributed by atoms with Crippen molar-refractivity contribution in [3.8, 4) is 10.4 Å². The van der Waals surface area contributed by atoms with E-state index in [1.54, 1.807) is 23.2 Å². The van der Waals surface area contributed by atoms with Gasteiger partial charge in [0, 0.05) is 20.0 Å². The number of benzene rings is 1. The Bertz CT molecular complexity index is 1120. The summed E-state index contributed by atoms with van der Waals surface area (Å²) in [6.45, 7) is 8.56. The number of aromatic nitrogens is 3. The van der Waals surface area contributed by atoms with Crippen molar-refractivity contribution < 1.29 is 14.0 Å². The van der Waals surface area contributed by atoms with Crippen LogP contribution in [-0.2, 0) is 16.1 Å². The molecule has 1 aromatic carbocycles. The van der Waals surface area contributed by atoms with Gasteiger partial charge >= 0.3 is 0 Å². The number of carbonyl (C=O) groups is 2. The summed E-state index contributed by atoms with van der Waals surface area (Å²) >= 11 is 1.62. The molecule has 3 aromatic rings. The van der Waals surface area contributed by atoms with Crippen LogP contribution in [0.2, 0.25) is 0 Å². The molecule has 0 bridgehead atoms. The van der Waals surface area contributed by atoms with Crippen molar-refractivity contribution in [2.24, 2.45) is 5.92 Å². The molecule has 1 unspecified atom stereocenters. The molecule has 0 aliphatic carbocycles. The van der Waals surface area contributed by atoms with Gasteiger partial charge in [-0.2, -0.15) is 0 Å². The van der Waals surface area contributed by atoms with Crippen molar-refractivity contribution in [1.82, 2.24) is 25.4 Å². The summed E-state index contributed by atoms with van der Waals surface area (Å²) in [5.74, 6) is -0.0989. The van der Waals surface area contributed by atoms with Gasteiger partial charge in [0.05, 0.1) is 16.1 Å². The number of rotatable bonds is 7. The molecular weight excluding hydrogens is 438 g/mol. The lowest BCUT2D eigenvalue weighted by Crippen LogP contribution is -2.48. The van der Waals surface area contributed by atoms with E-state index in [9.17, 15) is 9.59 Å². The fraction of sp³-hybridized carbons (Fsp3) is 0.458. The lowest BCUT2D eigenvalue weighted by molar-refractivity contribution is -0.140. The van der Waals surface area contributed by atoms with Gasteiger partial charge in [0.15, 0.2) is 0 Å². The second-order valence-electron chi connectivity index (χ2n) is 8.75. The Labute approximate surface area is 197 Å². The normalized spacial score (nSPS) is 16.9. The van der Waals surface area contributed by atoms with Gasteiger partial charge in [-0.05, 0) is 36.8 Å². The first kappa shape index (κ1) is 23.1. The van der Waals surface area contributed by atoms with E-state index in [-0.39, 0.29) is 17.7 Å². The topological polar surface area (TPSA) is 101 Å². The Balaban J connectivity index is 1.40. The first-order chi connectivity index (χ1) is 15.8.